The van der Waals surface area contributed by atoms with Crippen LogP contribution in [-0.4, -0.2) is 17.9 Å². The summed E-state index contributed by atoms with van der Waals surface area (Å²) in [7, 11) is 0. The van der Waals surface area contributed by atoms with Crippen molar-refractivity contribution in [1.82, 2.24) is 0 Å². The molecule has 0 saturated heterocycles. The molecule has 4 heteroatoms. The Morgan fingerprint density at radius 1 is 1.15 bits per heavy atom. The van der Waals surface area contributed by atoms with E-state index in [4.69, 9.17) is 5.11 Å². The smallest absolute Gasteiger partial charge is 0.396 e. The van der Waals surface area contributed by atoms with Gasteiger partial charge in [0, 0.05) is 24.2 Å². The molecule has 0 atom stereocenters. The van der Waals surface area contributed by atoms with E-state index in [0.717, 1.165) is 6.92 Å². The highest BCUT2D eigenvalue weighted by Gasteiger charge is 2.32. The van der Waals surface area contributed by atoms with Crippen LogP contribution in [0.15, 0.2) is 35.9 Å². The fourth-order valence-corrected chi connectivity index (χ4v) is 1.61. The standard InChI is InChI=1S/C16H17F3O/c1-13(16(17,18)19)15(11-7-2-3-8-12-20)14-9-5-4-6-10-14/h4-6,9-10,20H,2-3,8,12H2,1H3/b15-13-. The molecule has 1 rings (SSSR count). The van der Waals surface area contributed by atoms with Gasteiger partial charge in [-0.15, -0.1) is 0 Å². The highest BCUT2D eigenvalue weighted by molar-refractivity contribution is 5.81. The quantitative estimate of drug-likeness (QED) is 0.648. The summed E-state index contributed by atoms with van der Waals surface area (Å²) in [6.07, 6.45) is -2.62. The number of halogens is 3. The van der Waals surface area contributed by atoms with Crippen LogP contribution in [0.5, 0.6) is 0 Å². The first-order valence-electron chi connectivity index (χ1n) is 6.40. The van der Waals surface area contributed by atoms with E-state index < -0.39 is 11.7 Å². The van der Waals surface area contributed by atoms with Crippen LogP contribution in [0, 0.1) is 11.8 Å². The van der Waals surface area contributed by atoms with Gasteiger partial charge in [0.1, 0.15) is 0 Å². The molecule has 0 radical (unpaired) electrons. The zero-order chi connectivity index (χ0) is 15.0. The summed E-state index contributed by atoms with van der Waals surface area (Å²) in [5.41, 5.74) is -0.197. The molecule has 0 spiro atoms. The molecule has 1 aromatic rings. The first-order valence-corrected chi connectivity index (χ1v) is 6.40. The van der Waals surface area contributed by atoms with Crippen molar-refractivity contribution in [3.8, 4) is 11.8 Å². The number of aliphatic hydroxyl groups excluding tert-OH is 1. The number of unbranched alkanes of at least 4 members (excludes halogenated alkanes) is 2. The van der Waals surface area contributed by atoms with Crippen molar-refractivity contribution >= 4 is 5.57 Å². The Balaban J connectivity index is 3.04. The minimum Gasteiger partial charge on any atom is -0.396 e. The number of rotatable bonds is 4. The number of hydrogen-bond donors (Lipinski definition) is 1. The predicted octanol–water partition coefficient (Wildman–Crippen LogP) is 4.19. The van der Waals surface area contributed by atoms with Crippen molar-refractivity contribution in [2.75, 3.05) is 6.61 Å². The molecule has 0 amide bonds. The Morgan fingerprint density at radius 3 is 2.35 bits per heavy atom. The van der Waals surface area contributed by atoms with E-state index in [-0.39, 0.29) is 12.2 Å². The van der Waals surface area contributed by atoms with Crippen molar-refractivity contribution in [3.05, 3.63) is 41.5 Å². The minimum absolute atomic E-state index is 0.0158. The summed E-state index contributed by atoms with van der Waals surface area (Å²) in [5, 5.41) is 8.64. The Hall–Kier alpha value is -1.73. The summed E-state index contributed by atoms with van der Waals surface area (Å²) < 4.78 is 38.6. The van der Waals surface area contributed by atoms with Crippen molar-refractivity contribution in [1.29, 1.82) is 0 Å². The van der Waals surface area contributed by atoms with Crippen molar-refractivity contribution in [2.45, 2.75) is 32.4 Å². The van der Waals surface area contributed by atoms with E-state index in [1.54, 1.807) is 30.3 Å². The molecule has 1 nitrogen and oxygen atoms in total. The molecule has 0 aromatic heterocycles. The maximum atomic E-state index is 12.9. The molecule has 0 fully saturated rings. The number of allylic oxidation sites excluding steroid dienone is 2. The predicted molar refractivity (Wildman–Crippen MR) is 73.8 cm³/mol. The summed E-state index contributed by atoms with van der Waals surface area (Å²) >= 11 is 0. The minimum atomic E-state index is -4.38. The lowest BCUT2D eigenvalue weighted by Crippen LogP contribution is -2.11. The number of benzene rings is 1. The molecule has 0 aliphatic carbocycles. The molecular weight excluding hydrogens is 265 g/mol. The van der Waals surface area contributed by atoms with Gasteiger partial charge in [0.2, 0.25) is 0 Å². The van der Waals surface area contributed by atoms with Gasteiger partial charge in [0.15, 0.2) is 0 Å². The van der Waals surface area contributed by atoms with E-state index in [1.807, 2.05) is 0 Å². The summed E-state index contributed by atoms with van der Waals surface area (Å²) in [4.78, 5) is 0. The third kappa shape index (κ3) is 5.10. The summed E-state index contributed by atoms with van der Waals surface area (Å²) in [5.74, 6) is 5.38. The molecule has 0 bridgehead atoms. The number of aliphatic hydroxyl groups is 1. The SMILES string of the molecule is C/C(=C(\C#CCCCCO)c1ccccc1)C(F)(F)F. The molecule has 0 heterocycles. The maximum absolute atomic E-state index is 12.9. The molecule has 0 aliphatic rings. The van der Waals surface area contributed by atoms with E-state index >= 15 is 0 Å². The average Bonchev–Trinajstić information content (AvgIpc) is 2.42. The Labute approximate surface area is 117 Å². The van der Waals surface area contributed by atoms with Gasteiger partial charge >= 0.3 is 6.18 Å². The molecule has 0 unspecified atom stereocenters. The second kappa shape index (κ2) is 7.76. The molecule has 1 N–H and O–H groups in total. The molecular formula is C16H17F3O. The highest BCUT2D eigenvalue weighted by Crippen LogP contribution is 2.31. The third-order valence-corrected chi connectivity index (χ3v) is 2.79. The van der Waals surface area contributed by atoms with E-state index in [9.17, 15) is 13.2 Å². The maximum Gasteiger partial charge on any atom is 0.413 e. The van der Waals surface area contributed by atoms with Crippen molar-refractivity contribution in [3.63, 3.8) is 0 Å². The van der Waals surface area contributed by atoms with E-state index in [2.05, 4.69) is 11.8 Å². The number of hydrogen-bond acceptors (Lipinski definition) is 1. The monoisotopic (exact) mass is 282 g/mol. The zero-order valence-corrected chi connectivity index (χ0v) is 11.3. The fourth-order valence-electron chi connectivity index (χ4n) is 1.61. The second-order valence-electron chi connectivity index (χ2n) is 4.35. The fraction of sp³-hybridized carbons (Fsp3) is 0.375. The molecule has 0 aliphatic heterocycles. The molecule has 108 valence electrons. The van der Waals surface area contributed by atoms with Crippen molar-refractivity contribution in [2.24, 2.45) is 0 Å². The first kappa shape index (κ1) is 16.3. The van der Waals surface area contributed by atoms with E-state index in [0.29, 0.717) is 24.8 Å². The van der Waals surface area contributed by atoms with Crippen LogP contribution in [0.2, 0.25) is 0 Å². The second-order valence-corrected chi connectivity index (χ2v) is 4.35. The largest absolute Gasteiger partial charge is 0.413 e. The normalized spacial score (nSPS) is 12.4. The van der Waals surface area contributed by atoms with Gasteiger partial charge in [-0.2, -0.15) is 13.2 Å². The topological polar surface area (TPSA) is 20.2 Å². The lowest BCUT2D eigenvalue weighted by atomic mass is 10.0. The highest BCUT2D eigenvalue weighted by atomic mass is 19.4. The third-order valence-electron chi connectivity index (χ3n) is 2.79. The van der Waals surface area contributed by atoms with Crippen LogP contribution in [0.4, 0.5) is 13.2 Å². The van der Waals surface area contributed by atoms with Gasteiger partial charge in [-0.25, -0.2) is 0 Å². The number of alkyl halides is 3. The van der Waals surface area contributed by atoms with Crippen LogP contribution < -0.4 is 0 Å². The first-order chi connectivity index (χ1) is 9.46. The Morgan fingerprint density at radius 2 is 1.80 bits per heavy atom. The van der Waals surface area contributed by atoms with Crippen LogP contribution in [-0.2, 0) is 0 Å². The van der Waals surface area contributed by atoms with E-state index in [1.165, 1.54) is 0 Å². The zero-order valence-electron chi connectivity index (χ0n) is 11.3. The van der Waals surface area contributed by atoms with Gasteiger partial charge in [-0.1, -0.05) is 42.2 Å². The van der Waals surface area contributed by atoms with Crippen LogP contribution in [0.1, 0.15) is 31.7 Å². The lowest BCUT2D eigenvalue weighted by molar-refractivity contribution is -0.0906. The van der Waals surface area contributed by atoms with Gasteiger partial charge < -0.3 is 5.11 Å². The van der Waals surface area contributed by atoms with Gasteiger partial charge in [0.05, 0.1) is 0 Å². The molecule has 0 saturated carbocycles. The Bertz CT molecular complexity index is 504. The van der Waals surface area contributed by atoms with Gasteiger partial charge in [-0.3, -0.25) is 0 Å². The molecule has 1 aromatic carbocycles. The summed E-state index contributed by atoms with van der Waals surface area (Å²) in [6, 6.07) is 8.36. The Kier molecular flexibility index (Phi) is 6.33. The van der Waals surface area contributed by atoms with Gasteiger partial charge in [0.25, 0.3) is 0 Å². The van der Waals surface area contributed by atoms with Crippen LogP contribution >= 0.6 is 0 Å². The van der Waals surface area contributed by atoms with Crippen LogP contribution in [0.3, 0.4) is 0 Å². The molecule has 20 heavy (non-hydrogen) atoms. The van der Waals surface area contributed by atoms with Gasteiger partial charge in [-0.05, 0) is 25.3 Å². The summed E-state index contributed by atoms with van der Waals surface area (Å²) in [6.45, 7) is 1.12. The average molecular weight is 282 g/mol. The van der Waals surface area contributed by atoms with Crippen LogP contribution in [0.25, 0.3) is 5.57 Å². The van der Waals surface area contributed by atoms with Crippen molar-refractivity contribution < 1.29 is 18.3 Å². The lowest BCUT2D eigenvalue weighted by Gasteiger charge is -2.10.